The molecular formula is C15H17N2O3+. The zero-order valence-electron chi connectivity index (χ0n) is 11.5. The summed E-state index contributed by atoms with van der Waals surface area (Å²) >= 11 is 0. The molecule has 20 heavy (non-hydrogen) atoms. The topological polar surface area (TPSA) is 61.7 Å². The maximum atomic E-state index is 12.2. The molecule has 0 spiro atoms. The van der Waals surface area contributed by atoms with Gasteiger partial charge < -0.3 is 14.8 Å². The summed E-state index contributed by atoms with van der Waals surface area (Å²) < 4.78 is 10.3. The van der Waals surface area contributed by atoms with E-state index in [1.807, 2.05) is 24.4 Å². The van der Waals surface area contributed by atoms with Gasteiger partial charge in [0.2, 0.25) is 0 Å². The van der Waals surface area contributed by atoms with Crippen molar-refractivity contribution in [1.29, 1.82) is 0 Å². The Labute approximate surface area is 117 Å². The number of H-pyrrole nitrogens is 1. The normalized spacial score (nSPS) is 9.90. The Kier molecular flexibility index (Phi) is 4.55. The van der Waals surface area contributed by atoms with E-state index in [2.05, 4.69) is 10.3 Å². The Hall–Kier alpha value is -2.56. The quantitative estimate of drug-likeness (QED) is 0.897. The first-order valence-electron chi connectivity index (χ1n) is 6.20. The Bertz CT molecular complexity index is 585. The van der Waals surface area contributed by atoms with Crippen LogP contribution in [0.25, 0.3) is 0 Å². The van der Waals surface area contributed by atoms with E-state index in [-0.39, 0.29) is 5.91 Å². The summed E-state index contributed by atoms with van der Waals surface area (Å²) in [6, 6.07) is 10.8. The van der Waals surface area contributed by atoms with E-state index in [4.69, 9.17) is 9.47 Å². The van der Waals surface area contributed by atoms with Crippen molar-refractivity contribution in [3.05, 3.63) is 53.9 Å². The van der Waals surface area contributed by atoms with Crippen molar-refractivity contribution < 1.29 is 19.3 Å². The lowest BCUT2D eigenvalue weighted by Crippen LogP contribution is -2.26. The molecule has 0 atom stereocenters. The number of hydrogen-bond acceptors (Lipinski definition) is 3. The number of ether oxygens (including phenoxy) is 2. The summed E-state index contributed by atoms with van der Waals surface area (Å²) in [5, 5.41) is 2.84. The maximum absolute atomic E-state index is 12.2. The highest BCUT2D eigenvalue weighted by atomic mass is 16.5. The smallest absolute Gasteiger partial charge is 0.255 e. The number of benzene rings is 1. The summed E-state index contributed by atoms with van der Waals surface area (Å²) in [4.78, 5) is 15.2. The number of aromatic amines is 1. The van der Waals surface area contributed by atoms with Crippen molar-refractivity contribution in [2.75, 3.05) is 14.2 Å². The number of rotatable bonds is 5. The molecule has 0 radical (unpaired) electrons. The van der Waals surface area contributed by atoms with Gasteiger partial charge in [0.15, 0.2) is 11.9 Å². The minimum Gasteiger partial charge on any atom is -0.497 e. The second-order valence-electron chi connectivity index (χ2n) is 4.14. The number of aromatic nitrogens is 1. The first kappa shape index (κ1) is 13.9. The predicted octanol–water partition coefficient (Wildman–Crippen LogP) is 1.45. The van der Waals surface area contributed by atoms with E-state index in [0.717, 1.165) is 5.69 Å². The van der Waals surface area contributed by atoms with Crippen LogP contribution in [0.1, 0.15) is 16.1 Å². The number of carbonyl (C=O) groups is 1. The fraction of sp³-hybridized carbons (Fsp3) is 0.200. The van der Waals surface area contributed by atoms with Crippen LogP contribution in [0.15, 0.2) is 42.6 Å². The third kappa shape index (κ3) is 3.26. The number of amides is 1. The van der Waals surface area contributed by atoms with Crippen molar-refractivity contribution in [2.45, 2.75) is 6.54 Å². The lowest BCUT2D eigenvalue weighted by molar-refractivity contribution is -0.390. The van der Waals surface area contributed by atoms with Gasteiger partial charge in [-0.05, 0) is 12.1 Å². The van der Waals surface area contributed by atoms with E-state index < -0.39 is 0 Å². The molecule has 0 aliphatic heterocycles. The number of nitrogens with one attached hydrogen (secondary N) is 2. The second kappa shape index (κ2) is 6.56. The fourth-order valence-corrected chi connectivity index (χ4v) is 1.80. The molecule has 2 aromatic rings. The van der Waals surface area contributed by atoms with Crippen LogP contribution in [0.5, 0.6) is 11.5 Å². The zero-order valence-corrected chi connectivity index (χ0v) is 11.5. The zero-order chi connectivity index (χ0) is 14.4. The molecule has 0 aliphatic carbocycles. The molecule has 104 valence electrons. The number of carbonyl (C=O) groups excluding carboxylic acids is 1. The molecule has 0 saturated carbocycles. The molecule has 1 aromatic heterocycles. The van der Waals surface area contributed by atoms with Gasteiger partial charge in [-0.25, -0.2) is 4.98 Å². The second-order valence-corrected chi connectivity index (χ2v) is 4.14. The van der Waals surface area contributed by atoms with Crippen molar-refractivity contribution >= 4 is 5.91 Å². The predicted molar refractivity (Wildman–Crippen MR) is 73.7 cm³/mol. The highest BCUT2D eigenvalue weighted by Gasteiger charge is 2.13. The highest BCUT2D eigenvalue weighted by Crippen LogP contribution is 2.24. The van der Waals surface area contributed by atoms with Gasteiger partial charge in [0.1, 0.15) is 18.0 Å². The average Bonchev–Trinajstić information content (AvgIpc) is 2.52. The molecule has 1 amide bonds. The summed E-state index contributed by atoms with van der Waals surface area (Å²) in [7, 11) is 3.09. The molecule has 2 N–H and O–H groups in total. The van der Waals surface area contributed by atoms with Crippen LogP contribution in [0.3, 0.4) is 0 Å². The molecule has 0 saturated heterocycles. The van der Waals surface area contributed by atoms with Gasteiger partial charge in [0.25, 0.3) is 5.91 Å². The maximum Gasteiger partial charge on any atom is 0.255 e. The average molecular weight is 273 g/mol. The van der Waals surface area contributed by atoms with Crippen molar-refractivity contribution in [1.82, 2.24) is 5.32 Å². The fourth-order valence-electron chi connectivity index (χ4n) is 1.80. The van der Waals surface area contributed by atoms with Gasteiger partial charge in [-0.15, -0.1) is 0 Å². The van der Waals surface area contributed by atoms with Crippen LogP contribution in [0.2, 0.25) is 0 Å². The number of pyridine rings is 1. The minimum atomic E-state index is -0.193. The molecule has 1 heterocycles. The van der Waals surface area contributed by atoms with Crippen molar-refractivity contribution in [3.8, 4) is 11.5 Å². The van der Waals surface area contributed by atoms with Gasteiger partial charge in [-0.2, -0.15) is 0 Å². The first-order valence-corrected chi connectivity index (χ1v) is 6.20. The Morgan fingerprint density at radius 2 is 2.05 bits per heavy atom. The van der Waals surface area contributed by atoms with Gasteiger partial charge in [-0.3, -0.25) is 4.79 Å². The monoisotopic (exact) mass is 273 g/mol. The molecule has 0 aliphatic rings. The lowest BCUT2D eigenvalue weighted by atomic mass is 10.1. The van der Waals surface area contributed by atoms with Crippen LogP contribution in [-0.4, -0.2) is 20.1 Å². The van der Waals surface area contributed by atoms with Crippen molar-refractivity contribution in [3.63, 3.8) is 0 Å². The molecule has 0 unspecified atom stereocenters. The van der Waals surface area contributed by atoms with Crippen LogP contribution >= 0.6 is 0 Å². The number of hydrogen-bond donors (Lipinski definition) is 1. The van der Waals surface area contributed by atoms with E-state index in [0.29, 0.717) is 23.6 Å². The SMILES string of the molecule is COc1ccc(C(=O)NCc2cccc[nH+]2)c(OC)c1. The summed E-state index contributed by atoms with van der Waals surface area (Å²) in [6.45, 7) is 0.425. The standard InChI is InChI=1S/C15H16N2O3/c1-19-12-6-7-13(14(9-12)20-2)15(18)17-10-11-5-3-4-8-16-11/h3-9H,10H2,1-2H3,(H,17,18)/p+1. The van der Waals surface area contributed by atoms with Gasteiger partial charge >= 0.3 is 0 Å². The van der Waals surface area contributed by atoms with Gasteiger partial charge in [0.05, 0.1) is 19.8 Å². The van der Waals surface area contributed by atoms with E-state index in [9.17, 15) is 4.79 Å². The Morgan fingerprint density at radius 1 is 1.20 bits per heavy atom. The summed E-state index contributed by atoms with van der Waals surface area (Å²) in [5.41, 5.74) is 1.40. The van der Waals surface area contributed by atoms with Gasteiger partial charge in [-0.1, -0.05) is 6.07 Å². The van der Waals surface area contributed by atoms with Crippen LogP contribution in [0.4, 0.5) is 0 Å². The number of methoxy groups -OCH3 is 2. The lowest BCUT2D eigenvalue weighted by Gasteiger charge is -2.09. The van der Waals surface area contributed by atoms with Gasteiger partial charge in [0, 0.05) is 18.2 Å². The molecule has 0 bridgehead atoms. The largest absolute Gasteiger partial charge is 0.497 e. The summed E-state index contributed by atoms with van der Waals surface area (Å²) in [6.07, 6.45) is 1.81. The summed E-state index contributed by atoms with van der Waals surface area (Å²) in [5.74, 6) is 0.940. The highest BCUT2D eigenvalue weighted by molar-refractivity contribution is 5.97. The van der Waals surface area contributed by atoms with E-state index in [1.165, 1.54) is 7.11 Å². The van der Waals surface area contributed by atoms with Crippen LogP contribution < -0.4 is 19.8 Å². The minimum absolute atomic E-state index is 0.193. The van der Waals surface area contributed by atoms with E-state index in [1.54, 1.807) is 25.3 Å². The van der Waals surface area contributed by atoms with Crippen molar-refractivity contribution in [2.24, 2.45) is 0 Å². The third-order valence-corrected chi connectivity index (χ3v) is 2.87. The first-order chi connectivity index (χ1) is 9.74. The Balaban J connectivity index is 2.09. The molecule has 2 rings (SSSR count). The molecule has 0 fully saturated rings. The third-order valence-electron chi connectivity index (χ3n) is 2.87. The van der Waals surface area contributed by atoms with Crippen LogP contribution in [-0.2, 0) is 6.54 Å². The molecule has 5 heteroatoms. The Morgan fingerprint density at radius 3 is 2.70 bits per heavy atom. The molecule has 5 nitrogen and oxygen atoms in total. The molecule has 1 aromatic carbocycles. The van der Waals surface area contributed by atoms with Crippen LogP contribution in [0, 0.1) is 0 Å². The van der Waals surface area contributed by atoms with E-state index >= 15 is 0 Å². The molecular weight excluding hydrogens is 256 g/mol.